The molecule has 1 heterocycles. The van der Waals surface area contributed by atoms with Crippen molar-refractivity contribution in [3.63, 3.8) is 0 Å². The Hall–Kier alpha value is -3.05. The van der Waals surface area contributed by atoms with Crippen LogP contribution in [0.15, 0.2) is 42.5 Å². The standard InChI is InChI=1S/C26H32N2O3/c1-17-10-11-18(2)22(14-17)16-28-19(3)23(25(20(28)4)26(29)30)15-27-13-12-21-8-6-7-9-24(21)31-5/h6-11,14,27H,12-13,15-16H2,1-5H3,(H,29,30). The molecule has 0 radical (unpaired) electrons. The molecular formula is C26H32N2O3. The molecular weight excluding hydrogens is 388 g/mol. The average Bonchev–Trinajstić information content (AvgIpc) is 2.98. The second-order valence-corrected chi connectivity index (χ2v) is 8.08. The summed E-state index contributed by atoms with van der Waals surface area (Å²) >= 11 is 0. The number of carbonyl (C=O) groups is 1. The van der Waals surface area contributed by atoms with Crippen LogP contribution in [0.1, 0.15) is 49.6 Å². The molecule has 0 amide bonds. The van der Waals surface area contributed by atoms with E-state index in [0.29, 0.717) is 18.7 Å². The molecule has 0 saturated heterocycles. The maximum atomic E-state index is 12.1. The fourth-order valence-electron chi connectivity index (χ4n) is 4.17. The number of hydrogen-bond acceptors (Lipinski definition) is 3. The number of nitrogens with one attached hydrogen (secondary N) is 1. The van der Waals surface area contributed by atoms with Crippen molar-refractivity contribution >= 4 is 5.97 Å². The molecule has 0 unspecified atom stereocenters. The van der Waals surface area contributed by atoms with Crippen LogP contribution in [-0.4, -0.2) is 29.3 Å². The van der Waals surface area contributed by atoms with Crippen LogP contribution in [0.3, 0.4) is 0 Å². The zero-order chi connectivity index (χ0) is 22.5. The Balaban J connectivity index is 1.79. The fraction of sp³-hybridized carbons (Fsp3) is 0.346. The molecule has 2 N–H and O–H groups in total. The Morgan fingerprint density at radius 1 is 1.03 bits per heavy atom. The van der Waals surface area contributed by atoms with Crippen LogP contribution in [0.5, 0.6) is 5.75 Å². The molecule has 0 spiro atoms. The van der Waals surface area contributed by atoms with Gasteiger partial charge >= 0.3 is 5.97 Å². The fourth-order valence-corrected chi connectivity index (χ4v) is 4.17. The van der Waals surface area contributed by atoms with Crippen LogP contribution in [0, 0.1) is 27.7 Å². The van der Waals surface area contributed by atoms with E-state index in [9.17, 15) is 9.90 Å². The first-order valence-electron chi connectivity index (χ1n) is 10.6. The molecule has 5 nitrogen and oxygen atoms in total. The lowest BCUT2D eigenvalue weighted by Gasteiger charge is -2.13. The van der Waals surface area contributed by atoms with Crippen LogP contribution in [0.4, 0.5) is 0 Å². The monoisotopic (exact) mass is 420 g/mol. The van der Waals surface area contributed by atoms with Crippen molar-refractivity contribution in [3.05, 3.63) is 87.2 Å². The van der Waals surface area contributed by atoms with Crippen molar-refractivity contribution in [1.29, 1.82) is 0 Å². The highest BCUT2D eigenvalue weighted by Gasteiger charge is 2.22. The van der Waals surface area contributed by atoms with Gasteiger partial charge in [0.25, 0.3) is 0 Å². The van der Waals surface area contributed by atoms with E-state index in [1.54, 1.807) is 7.11 Å². The number of nitrogens with zero attached hydrogens (tertiary/aromatic N) is 1. The molecule has 0 aliphatic heterocycles. The van der Waals surface area contributed by atoms with E-state index in [4.69, 9.17) is 4.74 Å². The Bertz CT molecular complexity index is 1080. The van der Waals surface area contributed by atoms with E-state index >= 15 is 0 Å². The Morgan fingerprint density at radius 2 is 1.77 bits per heavy atom. The number of carboxylic acid groups (broad SMARTS) is 1. The van der Waals surface area contributed by atoms with Gasteiger partial charge in [-0.05, 0) is 63.4 Å². The minimum Gasteiger partial charge on any atom is -0.496 e. The molecule has 164 valence electrons. The summed E-state index contributed by atoms with van der Waals surface area (Å²) < 4.78 is 7.54. The maximum absolute atomic E-state index is 12.1. The van der Waals surface area contributed by atoms with Crippen molar-refractivity contribution in [2.75, 3.05) is 13.7 Å². The molecule has 1 aromatic heterocycles. The van der Waals surface area contributed by atoms with Gasteiger partial charge in [-0.25, -0.2) is 4.79 Å². The number of aromatic carboxylic acids is 1. The molecule has 3 aromatic rings. The SMILES string of the molecule is COc1ccccc1CCNCc1c(C(=O)O)c(C)n(Cc2cc(C)ccc2C)c1C. The van der Waals surface area contributed by atoms with Crippen LogP contribution >= 0.6 is 0 Å². The van der Waals surface area contributed by atoms with E-state index in [2.05, 4.69) is 48.0 Å². The first-order chi connectivity index (χ1) is 14.8. The number of hydrogen-bond donors (Lipinski definition) is 2. The number of carboxylic acids is 1. The van der Waals surface area contributed by atoms with Gasteiger partial charge in [0.1, 0.15) is 5.75 Å². The van der Waals surface area contributed by atoms with Gasteiger partial charge in [0.2, 0.25) is 0 Å². The number of aryl methyl sites for hydroxylation is 2. The summed E-state index contributed by atoms with van der Waals surface area (Å²) in [7, 11) is 1.68. The van der Waals surface area contributed by atoms with Crippen molar-refractivity contribution < 1.29 is 14.6 Å². The summed E-state index contributed by atoms with van der Waals surface area (Å²) in [6.45, 7) is 10.0. The van der Waals surface area contributed by atoms with Gasteiger partial charge in [-0.3, -0.25) is 0 Å². The third-order valence-corrected chi connectivity index (χ3v) is 6.02. The molecule has 0 aliphatic carbocycles. The quantitative estimate of drug-likeness (QED) is 0.488. The molecule has 0 fully saturated rings. The summed E-state index contributed by atoms with van der Waals surface area (Å²) in [4.78, 5) is 12.1. The number of benzene rings is 2. The zero-order valence-electron chi connectivity index (χ0n) is 19.1. The first-order valence-corrected chi connectivity index (χ1v) is 10.6. The van der Waals surface area contributed by atoms with E-state index in [0.717, 1.165) is 41.2 Å². The molecule has 0 atom stereocenters. The summed E-state index contributed by atoms with van der Waals surface area (Å²) in [6.07, 6.45) is 0.813. The zero-order valence-corrected chi connectivity index (χ0v) is 19.1. The van der Waals surface area contributed by atoms with Gasteiger partial charge in [-0.1, -0.05) is 42.0 Å². The van der Waals surface area contributed by atoms with Gasteiger partial charge in [0.15, 0.2) is 0 Å². The van der Waals surface area contributed by atoms with Crippen molar-refractivity contribution in [1.82, 2.24) is 9.88 Å². The average molecular weight is 421 g/mol. The third kappa shape index (κ3) is 5.00. The molecule has 3 rings (SSSR count). The Kier molecular flexibility index (Phi) is 7.18. The summed E-state index contributed by atoms with van der Waals surface area (Å²) in [5.74, 6) is 0.00377. The highest BCUT2D eigenvalue weighted by atomic mass is 16.5. The van der Waals surface area contributed by atoms with Gasteiger partial charge in [-0.2, -0.15) is 0 Å². The molecule has 0 bridgehead atoms. The molecule has 0 aliphatic rings. The summed E-state index contributed by atoms with van der Waals surface area (Å²) in [5.41, 5.74) is 7.84. The van der Waals surface area contributed by atoms with Crippen LogP contribution < -0.4 is 10.1 Å². The second-order valence-electron chi connectivity index (χ2n) is 8.08. The smallest absolute Gasteiger partial charge is 0.337 e. The van der Waals surface area contributed by atoms with Crippen molar-refractivity contribution in [3.8, 4) is 5.75 Å². The highest BCUT2D eigenvalue weighted by Crippen LogP contribution is 2.25. The minimum absolute atomic E-state index is 0.410. The van der Waals surface area contributed by atoms with Gasteiger partial charge < -0.3 is 19.7 Å². The normalized spacial score (nSPS) is 11.0. The number of ether oxygens (including phenoxy) is 1. The van der Waals surface area contributed by atoms with E-state index in [1.807, 2.05) is 32.0 Å². The summed E-state index contributed by atoms with van der Waals surface area (Å²) in [5, 5.41) is 13.3. The molecule has 31 heavy (non-hydrogen) atoms. The van der Waals surface area contributed by atoms with Gasteiger partial charge in [0.05, 0.1) is 12.7 Å². The topological polar surface area (TPSA) is 63.5 Å². The predicted molar refractivity (Wildman–Crippen MR) is 124 cm³/mol. The van der Waals surface area contributed by atoms with E-state index < -0.39 is 5.97 Å². The van der Waals surface area contributed by atoms with E-state index in [1.165, 1.54) is 16.7 Å². The Labute approximate surface area is 184 Å². The van der Waals surface area contributed by atoms with Gasteiger partial charge in [-0.15, -0.1) is 0 Å². The lowest BCUT2D eigenvalue weighted by atomic mass is 10.1. The largest absolute Gasteiger partial charge is 0.496 e. The number of aromatic nitrogens is 1. The molecule has 0 saturated carbocycles. The number of para-hydroxylation sites is 1. The van der Waals surface area contributed by atoms with Crippen LogP contribution in [0.2, 0.25) is 0 Å². The highest BCUT2D eigenvalue weighted by molar-refractivity contribution is 5.91. The molecule has 2 aromatic carbocycles. The Morgan fingerprint density at radius 3 is 2.48 bits per heavy atom. The summed E-state index contributed by atoms with van der Waals surface area (Å²) in [6, 6.07) is 14.4. The van der Waals surface area contributed by atoms with Crippen molar-refractivity contribution in [2.45, 2.75) is 47.2 Å². The number of rotatable bonds is 9. The van der Waals surface area contributed by atoms with E-state index in [-0.39, 0.29) is 0 Å². The lowest BCUT2D eigenvalue weighted by molar-refractivity contribution is 0.0694. The molecule has 5 heteroatoms. The third-order valence-electron chi connectivity index (χ3n) is 6.02. The lowest BCUT2D eigenvalue weighted by Crippen LogP contribution is -2.19. The minimum atomic E-state index is -0.873. The van der Waals surface area contributed by atoms with Crippen molar-refractivity contribution in [2.24, 2.45) is 0 Å². The second kappa shape index (κ2) is 9.84. The van der Waals surface area contributed by atoms with Crippen LogP contribution in [0.25, 0.3) is 0 Å². The van der Waals surface area contributed by atoms with Gasteiger partial charge in [0, 0.05) is 30.0 Å². The number of methoxy groups -OCH3 is 1. The predicted octanol–water partition coefficient (Wildman–Crippen LogP) is 4.81. The van der Waals surface area contributed by atoms with Crippen LogP contribution in [-0.2, 0) is 19.5 Å². The first kappa shape index (κ1) is 22.6. The maximum Gasteiger partial charge on any atom is 0.337 e.